The van der Waals surface area contributed by atoms with Crippen LogP contribution in [0.3, 0.4) is 0 Å². The number of hydrogen-bond acceptors (Lipinski definition) is 4. The van der Waals surface area contributed by atoms with Gasteiger partial charge < -0.3 is 24.4 Å². The lowest BCUT2D eigenvalue weighted by molar-refractivity contribution is 0.0536. The maximum atomic E-state index is 5.71. The van der Waals surface area contributed by atoms with Crippen molar-refractivity contribution in [2.75, 3.05) is 53.2 Å². The van der Waals surface area contributed by atoms with E-state index in [2.05, 4.69) is 23.2 Å². The van der Waals surface area contributed by atoms with Crippen molar-refractivity contribution in [3.63, 3.8) is 0 Å². The van der Waals surface area contributed by atoms with E-state index in [0.29, 0.717) is 32.3 Å². The van der Waals surface area contributed by atoms with Crippen molar-refractivity contribution in [3.8, 4) is 5.75 Å². The van der Waals surface area contributed by atoms with Gasteiger partial charge in [0, 0.05) is 38.2 Å². The van der Waals surface area contributed by atoms with Crippen molar-refractivity contribution in [2.45, 2.75) is 26.8 Å². The predicted molar refractivity (Wildman–Crippen MR) is 105 cm³/mol. The Morgan fingerprint density at radius 1 is 1.27 bits per heavy atom. The van der Waals surface area contributed by atoms with Crippen LogP contribution in [-0.2, 0) is 16.0 Å². The van der Waals surface area contributed by atoms with Crippen LogP contribution in [0.15, 0.2) is 29.3 Å². The molecule has 146 valence electrons. The molecule has 0 amide bonds. The molecule has 1 aliphatic heterocycles. The summed E-state index contributed by atoms with van der Waals surface area (Å²) in [5.41, 5.74) is 1.11. The lowest BCUT2D eigenvalue weighted by Gasteiger charge is -2.22. The fourth-order valence-electron chi connectivity index (χ4n) is 3.07. The van der Waals surface area contributed by atoms with Crippen molar-refractivity contribution in [2.24, 2.45) is 10.9 Å². The molecule has 0 radical (unpaired) electrons. The largest absolute Gasteiger partial charge is 0.494 e. The smallest absolute Gasteiger partial charge is 0.194 e. The molecule has 1 saturated heterocycles. The first-order chi connectivity index (χ1) is 12.8. The summed E-state index contributed by atoms with van der Waals surface area (Å²) < 4.78 is 16.4. The Kier molecular flexibility index (Phi) is 9.28. The third-order valence-corrected chi connectivity index (χ3v) is 4.38. The van der Waals surface area contributed by atoms with E-state index >= 15 is 0 Å². The fraction of sp³-hybridized carbons (Fsp3) is 0.650. The average Bonchev–Trinajstić information content (AvgIpc) is 3.12. The van der Waals surface area contributed by atoms with Crippen LogP contribution >= 0.6 is 0 Å². The first kappa shape index (κ1) is 20.5. The van der Waals surface area contributed by atoms with Gasteiger partial charge in [-0.3, -0.25) is 0 Å². The third kappa shape index (κ3) is 6.50. The van der Waals surface area contributed by atoms with E-state index < -0.39 is 0 Å². The molecule has 1 aliphatic rings. The van der Waals surface area contributed by atoms with Crippen molar-refractivity contribution >= 4 is 5.96 Å². The monoisotopic (exact) mass is 363 g/mol. The van der Waals surface area contributed by atoms with E-state index in [1.807, 2.05) is 25.1 Å². The zero-order valence-corrected chi connectivity index (χ0v) is 16.4. The van der Waals surface area contributed by atoms with Crippen LogP contribution in [0.4, 0.5) is 0 Å². The minimum absolute atomic E-state index is 0.548. The zero-order chi connectivity index (χ0) is 18.6. The molecule has 2 rings (SSSR count). The molecule has 1 unspecified atom stereocenters. The minimum atomic E-state index is 0.548. The van der Waals surface area contributed by atoms with Gasteiger partial charge in [0.25, 0.3) is 0 Å². The van der Waals surface area contributed by atoms with Gasteiger partial charge in [-0.15, -0.1) is 0 Å². The zero-order valence-electron chi connectivity index (χ0n) is 16.4. The summed E-state index contributed by atoms with van der Waals surface area (Å²) in [6.07, 6.45) is 1.13. The van der Waals surface area contributed by atoms with Crippen LogP contribution < -0.4 is 10.1 Å². The lowest BCUT2D eigenvalue weighted by atomic mass is 10.1. The molecule has 0 aliphatic carbocycles. The number of methoxy groups -OCH3 is 1. The molecule has 1 aromatic rings. The maximum Gasteiger partial charge on any atom is 0.194 e. The van der Waals surface area contributed by atoms with Gasteiger partial charge in [-0.1, -0.05) is 18.2 Å². The van der Waals surface area contributed by atoms with Crippen LogP contribution in [0, 0.1) is 5.92 Å². The number of ether oxygens (including phenoxy) is 3. The van der Waals surface area contributed by atoms with Crippen LogP contribution in [-0.4, -0.2) is 64.0 Å². The Bertz CT molecular complexity index is 551. The standard InChI is InChI=1S/C20H33N3O3/c1-4-21-20(22-14-18-8-6-7-9-19(18)26-5-2)23-11-10-17(15-23)16-25-13-12-24-3/h6-9,17H,4-5,10-16H2,1-3H3,(H,21,22). The molecule has 0 spiro atoms. The molecule has 1 aromatic carbocycles. The number of benzene rings is 1. The van der Waals surface area contributed by atoms with E-state index in [9.17, 15) is 0 Å². The van der Waals surface area contributed by atoms with Crippen molar-refractivity contribution < 1.29 is 14.2 Å². The molecule has 1 atom stereocenters. The summed E-state index contributed by atoms with van der Waals surface area (Å²) in [5, 5.41) is 3.42. The Labute approximate surface area is 157 Å². The number of para-hydroxylation sites is 1. The lowest BCUT2D eigenvalue weighted by Crippen LogP contribution is -2.40. The Morgan fingerprint density at radius 3 is 2.88 bits per heavy atom. The maximum absolute atomic E-state index is 5.71. The molecule has 6 nitrogen and oxygen atoms in total. The highest BCUT2D eigenvalue weighted by Gasteiger charge is 2.25. The molecule has 0 bridgehead atoms. The van der Waals surface area contributed by atoms with E-state index in [1.54, 1.807) is 7.11 Å². The molecule has 6 heteroatoms. The highest BCUT2D eigenvalue weighted by atomic mass is 16.5. The van der Waals surface area contributed by atoms with Crippen molar-refractivity contribution in [1.29, 1.82) is 0 Å². The van der Waals surface area contributed by atoms with Crippen LogP contribution in [0.5, 0.6) is 5.75 Å². The molecule has 1 N–H and O–H groups in total. The van der Waals surface area contributed by atoms with Gasteiger partial charge >= 0.3 is 0 Å². The Hall–Kier alpha value is -1.79. The topological polar surface area (TPSA) is 55.3 Å². The molecule has 1 fully saturated rings. The summed E-state index contributed by atoms with van der Waals surface area (Å²) >= 11 is 0. The molecule has 0 aromatic heterocycles. The summed E-state index contributed by atoms with van der Waals surface area (Å²) in [6, 6.07) is 8.11. The van der Waals surface area contributed by atoms with E-state index in [4.69, 9.17) is 19.2 Å². The van der Waals surface area contributed by atoms with Gasteiger partial charge in [0.1, 0.15) is 5.75 Å². The normalized spacial score (nSPS) is 17.6. The SMILES string of the molecule is CCNC(=NCc1ccccc1OCC)N1CCC(COCCOC)C1. The van der Waals surface area contributed by atoms with Gasteiger partial charge in [-0.2, -0.15) is 0 Å². The second-order valence-corrected chi connectivity index (χ2v) is 6.38. The van der Waals surface area contributed by atoms with Gasteiger partial charge in [0.2, 0.25) is 0 Å². The number of likely N-dealkylation sites (tertiary alicyclic amines) is 1. The third-order valence-electron chi connectivity index (χ3n) is 4.38. The van der Waals surface area contributed by atoms with E-state index in [0.717, 1.165) is 49.9 Å². The summed E-state index contributed by atoms with van der Waals surface area (Å²) in [7, 11) is 1.70. The second-order valence-electron chi connectivity index (χ2n) is 6.38. The van der Waals surface area contributed by atoms with Crippen LogP contribution in [0.2, 0.25) is 0 Å². The van der Waals surface area contributed by atoms with Crippen molar-refractivity contribution in [3.05, 3.63) is 29.8 Å². The van der Waals surface area contributed by atoms with Gasteiger partial charge in [0.05, 0.1) is 33.0 Å². The van der Waals surface area contributed by atoms with Gasteiger partial charge in [-0.25, -0.2) is 4.99 Å². The summed E-state index contributed by atoms with van der Waals surface area (Å²) in [4.78, 5) is 7.17. The number of nitrogens with zero attached hydrogens (tertiary/aromatic N) is 2. The van der Waals surface area contributed by atoms with E-state index in [1.165, 1.54) is 0 Å². The molecule has 26 heavy (non-hydrogen) atoms. The van der Waals surface area contributed by atoms with Crippen LogP contribution in [0.25, 0.3) is 0 Å². The quantitative estimate of drug-likeness (QED) is 0.393. The Morgan fingerprint density at radius 2 is 2.12 bits per heavy atom. The number of rotatable bonds is 10. The highest BCUT2D eigenvalue weighted by molar-refractivity contribution is 5.80. The Balaban J connectivity index is 1.93. The molecular formula is C20H33N3O3. The first-order valence-electron chi connectivity index (χ1n) is 9.59. The summed E-state index contributed by atoms with van der Waals surface area (Å²) in [5.74, 6) is 2.44. The van der Waals surface area contributed by atoms with Crippen LogP contribution in [0.1, 0.15) is 25.8 Å². The second kappa shape index (κ2) is 11.8. The molecule has 1 heterocycles. The van der Waals surface area contributed by atoms with E-state index in [-0.39, 0.29) is 0 Å². The molecular weight excluding hydrogens is 330 g/mol. The highest BCUT2D eigenvalue weighted by Crippen LogP contribution is 2.20. The number of nitrogens with one attached hydrogen (secondary N) is 1. The van der Waals surface area contributed by atoms with Crippen molar-refractivity contribution in [1.82, 2.24) is 10.2 Å². The predicted octanol–water partition coefficient (Wildman–Crippen LogP) is 2.54. The minimum Gasteiger partial charge on any atom is -0.494 e. The molecule has 0 saturated carbocycles. The number of guanidine groups is 1. The summed E-state index contributed by atoms with van der Waals surface area (Å²) in [6.45, 7) is 10.3. The number of aliphatic imine (C=N–C) groups is 1. The fourth-order valence-corrected chi connectivity index (χ4v) is 3.07. The van der Waals surface area contributed by atoms with Gasteiger partial charge in [-0.05, 0) is 26.3 Å². The first-order valence-corrected chi connectivity index (χ1v) is 9.59. The average molecular weight is 364 g/mol. The number of hydrogen-bond donors (Lipinski definition) is 1. The van der Waals surface area contributed by atoms with Gasteiger partial charge in [0.15, 0.2) is 5.96 Å².